The van der Waals surface area contributed by atoms with E-state index in [9.17, 15) is 8.42 Å². The lowest BCUT2D eigenvalue weighted by molar-refractivity contribution is 0.220. The topological polar surface area (TPSA) is 75.4 Å². The molecule has 1 fully saturated rings. The van der Waals surface area contributed by atoms with Gasteiger partial charge in [0.1, 0.15) is 0 Å². The number of halogens is 1. The molecule has 0 aliphatic carbocycles. The van der Waals surface area contributed by atoms with Crippen LogP contribution in [0, 0.1) is 12.8 Å². The van der Waals surface area contributed by atoms with E-state index < -0.39 is 10.0 Å². The molecule has 1 aromatic rings. The van der Waals surface area contributed by atoms with Crippen molar-refractivity contribution < 1.29 is 8.42 Å². The number of hydrogen-bond donors (Lipinski definition) is 2. The number of nitrogens with two attached hydrogens (primary N) is 1. The zero-order chi connectivity index (χ0) is 15.6. The van der Waals surface area contributed by atoms with Crippen molar-refractivity contribution in [2.24, 2.45) is 5.92 Å². The first-order valence-electron chi connectivity index (χ1n) is 7.03. The second-order valence-electron chi connectivity index (χ2n) is 5.72. The Morgan fingerprint density at radius 2 is 2.00 bits per heavy atom. The Bertz CT molecular complexity index is 588. The lowest BCUT2D eigenvalue weighted by atomic mass is 9.98. The minimum atomic E-state index is -3.56. The number of rotatable bonds is 4. The maximum atomic E-state index is 12.3. The quantitative estimate of drug-likeness (QED) is 0.826. The Labute approximate surface area is 131 Å². The van der Waals surface area contributed by atoms with E-state index in [1.54, 1.807) is 6.92 Å². The molecule has 0 bridgehead atoms. The zero-order valence-electron chi connectivity index (χ0n) is 12.4. The molecule has 5 nitrogen and oxygen atoms in total. The van der Waals surface area contributed by atoms with Gasteiger partial charge in [0.25, 0.3) is 0 Å². The lowest BCUT2D eigenvalue weighted by Crippen LogP contribution is -2.36. The molecule has 2 rings (SSSR count). The van der Waals surface area contributed by atoms with Crippen molar-refractivity contribution >= 4 is 27.3 Å². The van der Waals surface area contributed by atoms with Gasteiger partial charge in [0, 0.05) is 17.3 Å². The van der Waals surface area contributed by atoms with Gasteiger partial charge in [-0.15, -0.1) is 0 Å². The molecular weight excluding hydrogens is 310 g/mol. The number of sulfonamides is 1. The second-order valence-corrected chi connectivity index (χ2v) is 7.89. The Morgan fingerprint density at radius 1 is 1.38 bits per heavy atom. The fourth-order valence-corrected chi connectivity index (χ4v) is 3.87. The molecule has 0 spiro atoms. The third-order valence-corrected chi connectivity index (χ3v) is 5.86. The van der Waals surface area contributed by atoms with Crippen LogP contribution in [-0.2, 0) is 10.0 Å². The van der Waals surface area contributed by atoms with Gasteiger partial charge in [-0.1, -0.05) is 11.6 Å². The maximum absolute atomic E-state index is 12.3. The van der Waals surface area contributed by atoms with Crippen LogP contribution in [0.3, 0.4) is 0 Å². The summed E-state index contributed by atoms with van der Waals surface area (Å²) in [4.78, 5) is 2.38. The fraction of sp³-hybridized carbons (Fsp3) is 0.571. The number of benzene rings is 1. The average Bonchev–Trinajstić information content (AvgIpc) is 2.43. The smallest absolute Gasteiger partial charge is 0.240 e. The minimum absolute atomic E-state index is 0.128. The maximum Gasteiger partial charge on any atom is 0.240 e. The SMILES string of the molecule is Cc1c(N)cc(S(=O)(=O)NCC2CCN(C)CC2)cc1Cl. The standard InChI is InChI=1S/C14H22ClN3O2S/c1-10-13(15)7-12(8-14(10)16)21(19,20)17-9-11-3-5-18(2)6-4-11/h7-8,11,17H,3-6,9,16H2,1-2H3. The third-order valence-electron chi connectivity index (χ3n) is 4.07. The monoisotopic (exact) mass is 331 g/mol. The number of nitrogens with zero attached hydrogens (tertiary/aromatic N) is 1. The van der Waals surface area contributed by atoms with E-state index in [4.69, 9.17) is 17.3 Å². The van der Waals surface area contributed by atoms with Crippen molar-refractivity contribution in [2.45, 2.75) is 24.7 Å². The lowest BCUT2D eigenvalue weighted by Gasteiger charge is -2.28. The summed E-state index contributed by atoms with van der Waals surface area (Å²) in [7, 11) is -1.48. The Balaban J connectivity index is 2.05. The molecule has 0 radical (unpaired) electrons. The molecule has 0 amide bonds. The van der Waals surface area contributed by atoms with Gasteiger partial charge in [-0.05, 0) is 63.5 Å². The molecule has 0 unspecified atom stereocenters. The summed E-state index contributed by atoms with van der Waals surface area (Å²) >= 11 is 6.01. The molecule has 21 heavy (non-hydrogen) atoms. The van der Waals surface area contributed by atoms with Crippen LogP contribution in [0.2, 0.25) is 5.02 Å². The first-order chi connectivity index (χ1) is 9.79. The van der Waals surface area contributed by atoms with Crippen molar-refractivity contribution in [3.8, 4) is 0 Å². The Hall–Kier alpha value is -0.820. The summed E-state index contributed by atoms with van der Waals surface area (Å²) in [6.45, 7) is 4.24. The van der Waals surface area contributed by atoms with E-state index in [-0.39, 0.29) is 4.90 Å². The number of likely N-dealkylation sites (tertiary alicyclic amines) is 1. The predicted molar refractivity (Wildman–Crippen MR) is 86.0 cm³/mol. The van der Waals surface area contributed by atoms with Gasteiger partial charge in [0.2, 0.25) is 10.0 Å². The Morgan fingerprint density at radius 3 is 2.57 bits per heavy atom. The number of piperidine rings is 1. The molecule has 0 aromatic heterocycles. The Kier molecular flexibility index (Phi) is 5.14. The van der Waals surface area contributed by atoms with Crippen LogP contribution in [0.1, 0.15) is 18.4 Å². The molecule has 1 heterocycles. The molecule has 7 heteroatoms. The normalized spacial score (nSPS) is 18.0. The second kappa shape index (κ2) is 6.52. The van der Waals surface area contributed by atoms with Gasteiger partial charge < -0.3 is 10.6 Å². The van der Waals surface area contributed by atoms with Gasteiger partial charge in [0.05, 0.1) is 4.90 Å². The van der Waals surface area contributed by atoms with Crippen LogP contribution in [0.25, 0.3) is 0 Å². The van der Waals surface area contributed by atoms with E-state index in [1.165, 1.54) is 12.1 Å². The van der Waals surface area contributed by atoms with Crippen molar-refractivity contribution in [1.29, 1.82) is 0 Å². The van der Waals surface area contributed by atoms with Gasteiger partial charge in [-0.25, -0.2) is 13.1 Å². The van der Waals surface area contributed by atoms with E-state index in [0.29, 0.717) is 28.7 Å². The van der Waals surface area contributed by atoms with Crippen molar-refractivity contribution in [2.75, 3.05) is 32.4 Å². The summed E-state index contributed by atoms with van der Waals surface area (Å²) in [6.07, 6.45) is 2.02. The molecule has 1 aromatic carbocycles. The molecule has 1 saturated heterocycles. The highest BCUT2D eigenvalue weighted by Crippen LogP contribution is 2.26. The summed E-state index contributed by atoms with van der Waals surface area (Å²) in [5, 5.41) is 0.370. The highest BCUT2D eigenvalue weighted by atomic mass is 35.5. The highest BCUT2D eigenvalue weighted by molar-refractivity contribution is 7.89. The number of nitrogen functional groups attached to an aromatic ring is 1. The van der Waals surface area contributed by atoms with Crippen LogP contribution in [0.5, 0.6) is 0 Å². The first-order valence-corrected chi connectivity index (χ1v) is 8.89. The fourth-order valence-electron chi connectivity index (χ4n) is 2.41. The molecule has 118 valence electrons. The third kappa shape index (κ3) is 4.10. The number of hydrogen-bond acceptors (Lipinski definition) is 4. The number of nitrogens with one attached hydrogen (secondary N) is 1. The van der Waals surface area contributed by atoms with Gasteiger partial charge in [-0.2, -0.15) is 0 Å². The molecule has 0 atom stereocenters. The molecule has 0 saturated carbocycles. The van der Waals surface area contributed by atoms with Crippen LogP contribution < -0.4 is 10.5 Å². The van der Waals surface area contributed by atoms with Gasteiger partial charge in [-0.3, -0.25) is 0 Å². The van der Waals surface area contributed by atoms with Crippen molar-refractivity contribution in [3.63, 3.8) is 0 Å². The summed E-state index contributed by atoms with van der Waals surface area (Å²) < 4.78 is 27.3. The van der Waals surface area contributed by atoms with Crippen LogP contribution in [-0.4, -0.2) is 40.0 Å². The molecular formula is C14H22ClN3O2S. The minimum Gasteiger partial charge on any atom is -0.398 e. The number of anilines is 1. The van der Waals surface area contributed by atoms with Crippen LogP contribution in [0.4, 0.5) is 5.69 Å². The highest BCUT2D eigenvalue weighted by Gasteiger charge is 2.21. The summed E-state index contributed by atoms with van der Waals surface area (Å²) in [5.41, 5.74) is 6.88. The van der Waals surface area contributed by atoms with E-state index >= 15 is 0 Å². The van der Waals surface area contributed by atoms with E-state index in [1.807, 2.05) is 0 Å². The van der Waals surface area contributed by atoms with E-state index in [2.05, 4.69) is 16.7 Å². The van der Waals surface area contributed by atoms with E-state index in [0.717, 1.165) is 25.9 Å². The zero-order valence-corrected chi connectivity index (χ0v) is 14.0. The average molecular weight is 332 g/mol. The predicted octanol–water partition coefficient (Wildman–Crippen LogP) is 1.85. The van der Waals surface area contributed by atoms with Gasteiger partial charge >= 0.3 is 0 Å². The summed E-state index contributed by atoms with van der Waals surface area (Å²) in [5.74, 6) is 0.384. The largest absolute Gasteiger partial charge is 0.398 e. The molecule has 3 N–H and O–H groups in total. The van der Waals surface area contributed by atoms with Crippen LogP contribution in [0.15, 0.2) is 17.0 Å². The summed E-state index contributed by atoms with van der Waals surface area (Å²) in [6, 6.07) is 2.91. The van der Waals surface area contributed by atoms with Crippen molar-refractivity contribution in [3.05, 3.63) is 22.7 Å². The van der Waals surface area contributed by atoms with Crippen molar-refractivity contribution in [1.82, 2.24) is 9.62 Å². The first kappa shape index (κ1) is 16.5. The van der Waals surface area contributed by atoms with Gasteiger partial charge in [0.15, 0.2) is 0 Å². The molecule has 1 aliphatic rings. The van der Waals surface area contributed by atoms with Crippen LogP contribution >= 0.6 is 11.6 Å². The molecule has 1 aliphatic heterocycles.